The highest BCUT2D eigenvalue weighted by Crippen LogP contribution is 2.41. The van der Waals surface area contributed by atoms with E-state index < -0.39 is 0 Å². The van der Waals surface area contributed by atoms with E-state index in [9.17, 15) is 4.79 Å². The molecule has 1 amide bonds. The van der Waals surface area contributed by atoms with Crippen LogP contribution in [0.25, 0.3) is 0 Å². The Morgan fingerprint density at radius 3 is 2.25 bits per heavy atom. The van der Waals surface area contributed by atoms with Gasteiger partial charge >= 0.3 is 0 Å². The van der Waals surface area contributed by atoms with Crippen LogP contribution in [0, 0.1) is 11.3 Å². The van der Waals surface area contributed by atoms with Gasteiger partial charge in [0, 0.05) is 19.6 Å². The lowest BCUT2D eigenvalue weighted by Crippen LogP contribution is -2.53. The molecule has 1 saturated carbocycles. The maximum atomic E-state index is 12.3. The largest absolute Gasteiger partial charge is 0.343 e. The summed E-state index contributed by atoms with van der Waals surface area (Å²) in [6, 6.07) is 0.316. The lowest BCUT2D eigenvalue weighted by Gasteiger charge is -2.43. The SMILES string of the molecule is CC(C)CC(C)N(C)C(=O)C1(CN)CCC1. The second-order valence-corrected chi connectivity index (χ2v) is 5.73. The zero-order valence-electron chi connectivity index (χ0n) is 11.1. The average Bonchev–Trinajstić information content (AvgIpc) is 2.14. The van der Waals surface area contributed by atoms with E-state index in [2.05, 4.69) is 20.8 Å². The quantitative estimate of drug-likeness (QED) is 0.779. The zero-order valence-corrected chi connectivity index (χ0v) is 11.1. The van der Waals surface area contributed by atoms with Crippen LogP contribution in [-0.2, 0) is 4.79 Å². The van der Waals surface area contributed by atoms with Crippen molar-refractivity contribution in [1.29, 1.82) is 0 Å². The van der Waals surface area contributed by atoms with Gasteiger partial charge < -0.3 is 10.6 Å². The van der Waals surface area contributed by atoms with Crippen molar-refractivity contribution in [3.05, 3.63) is 0 Å². The lowest BCUT2D eigenvalue weighted by molar-refractivity contribution is -0.147. The summed E-state index contributed by atoms with van der Waals surface area (Å²) >= 11 is 0. The lowest BCUT2D eigenvalue weighted by atomic mass is 9.67. The number of hydrogen-bond donors (Lipinski definition) is 1. The minimum atomic E-state index is -0.222. The van der Waals surface area contributed by atoms with Gasteiger partial charge in [-0.1, -0.05) is 20.3 Å². The van der Waals surface area contributed by atoms with Crippen LogP contribution >= 0.6 is 0 Å². The van der Waals surface area contributed by atoms with Gasteiger partial charge in [-0.2, -0.15) is 0 Å². The average molecular weight is 226 g/mol. The maximum Gasteiger partial charge on any atom is 0.230 e. The first kappa shape index (κ1) is 13.5. The third kappa shape index (κ3) is 2.57. The van der Waals surface area contributed by atoms with Crippen molar-refractivity contribution in [1.82, 2.24) is 4.90 Å². The maximum absolute atomic E-state index is 12.3. The van der Waals surface area contributed by atoms with E-state index in [0.717, 1.165) is 25.7 Å². The third-order valence-corrected chi connectivity index (χ3v) is 3.95. The Bertz CT molecular complexity index is 241. The highest BCUT2D eigenvalue weighted by molar-refractivity contribution is 5.84. The van der Waals surface area contributed by atoms with Crippen LogP contribution in [0.3, 0.4) is 0 Å². The Morgan fingerprint density at radius 2 is 1.94 bits per heavy atom. The molecule has 1 aliphatic carbocycles. The number of rotatable bonds is 5. The summed E-state index contributed by atoms with van der Waals surface area (Å²) in [6.45, 7) is 7.01. The van der Waals surface area contributed by atoms with Gasteiger partial charge in [-0.3, -0.25) is 4.79 Å². The van der Waals surface area contributed by atoms with Gasteiger partial charge in [-0.05, 0) is 32.1 Å². The molecule has 1 rings (SSSR count). The van der Waals surface area contributed by atoms with Crippen molar-refractivity contribution in [3.63, 3.8) is 0 Å². The summed E-state index contributed by atoms with van der Waals surface area (Å²) in [5, 5.41) is 0. The summed E-state index contributed by atoms with van der Waals surface area (Å²) < 4.78 is 0. The van der Waals surface area contributed by atoms with Crippen molar-refractivity contribution in [2.75, 3.05) is 13.6 Å². The van der Waals surface area contributed by atoms with Crippen molar-refractivity contribution >= 4 is 5.91 Å². The van der Waals surface area contributed by atoms with Crippen LogP contribution in [0.2, 0.25) is 0 Å². The number of carbonyl (C=O) groups excluding carboxylic acids is 1. The summed E-state index contributed by atoms with van der Waals surface area (Å²) in [4.78, 5) is 14.3. The fourth-order valence-corrected chi connectivity index (χ4v) is 2.52. The molecule has 0 bridgehead atoms. The highest BCUT2D eigenvalue weighted by atomic mass is 16.2. The van der Waals surface area contributed by atoms with Crippen LogP contribution < -0.4 is 5.73 Å². The van der Waals surface area contributed by atoms with E-state index in [-0.39, 0.29) is 11.3 Å². The topological polar surface area (TPSA) is 46.3 Å². The predicted molar refractivity (Wildman–Crippen MR) is 67.0 cm³/mol. The monoisotopic (exact) mass is 226 g/mol. The van der Waals surface area contributed by atoms with E-state index in [0.29, 0.717) is 18.5 Å². The van der Waals surface area contributed by atoms with Crippen LogP contribution in [0.1, 0.15) is 46.5 Å². The number of nitrogens with two attached hydrogens (primary N) is 1. The highest BCUT2D eigenvalue weighted by Gasteiger charge is 2.44. The molecule has 1 fully saturated rings. The first-order valence-electron chi connectivity index (χ1n) is 6.40. The molecule has 0 spiro atoms. The smallest absolute Gasteiger partial charge is 0.230 e. The second kappa shape index (κ2) is 5.17. The number of nitrogens with zero attached hydrogens (tertiary/aromatic N) is 1. The number of hydrogen-bond acceptors (Lipinski definition) is 2. The van der Waals surface area contributed by atoms with Crippen molar-refractivity contribution in [2.24, 2.45) is 17.1 Å². The van der Waals surface area contributed by atoms with Gasteiger partial charge in [0.25, 0.3) is 0 Å². The molecule has 1 atom stereocenters. The van der Waals surface area contributed by atoms with Gasteiger partial charge in [0.2, 0.25) is 5.91 Å². The molecule has 0 aromatic heterocycles. The molecule has 3 nitrogen and oxygen atoms in total. The number of amides is 1. The Morgan fingerprint density at radius 1 is 1.38 bits per heavy atom. The Kier molecular flexibility index (Phi) is 4.36. The fraction of sp³-hybridized carbons (Fsp3) is 0.923. The van der Waals surface area contributed by atoms with Gasteiger partial charge in [-0.25, -0.2) is 0 Å². The van der Waals surface area contributed by atoms with Crippen LogP contribution in [0.15, 0.2) is 0 Å². The fourth-order valence-electron chi connectivity index (χ4n) is 2.52. The molecule has 16 heavy (non-hydrogen) atoms. The molecule has 0 aromatic rings. The Hall–Kier alpha value is -0.570. The molecule has 0 aliphatic heterocycles. The van der Waals surface area contributed by atoms with Crippen LogP contribution in [0.5, 0.6) is 0 Å². The summed E-state index contributed by atoms with van der Waals surface area (Å²) in [5.74, 6) is 0.884. The summed E-state index contributed by atoms with van der Waals surface area (Å²) in [5.41, 5.74) is 5.54. The Labute approximate surface area is 99.4 Å². The van der Waals surface area contributed by atoms with Crippen LogP contribution in [0.4, 0.5) is 0 Å². The minimum Gasteiger partial charge on any atom is -0.343 e. The molecule has 0 heterocycles. The summed E-state index contributed by atoms with van der Waals surface area (Å²) in [6.07, 6.45) is 4.15. The molecule has 2 N–H and O–H groups in total. The number of carbonyl (C=O) groups is 1. The van der Waals surface area contributed by atoms with Crippen molar-refractivity contribution < 1.29 is 4.79 Å². The van der Waals surface area contributed by atoms with E-state index in [1.807, 2.05) is 11.9 Å². The molecule has 94 valence electrons. The third-order valence-electron chi connectivity index (χ3n) is 3.95. The molecule has 1 unspecified atom stereocenters. The molecule has 0 aromatic carbocycles. The normalized spacial score (nSPS) is 20.4. The van der Waals surface area contributed by atoms with E-state index in [1.54, 1.807) is 0 Å². The first-order valence-corrected chi connectivity index (χ1v) is 6.40. The molecule has 0 saturated heterocycles. The second-order valence-electron chi connectivity index (χ2n) is 5.73. The first-order chi connectivity index (χ1) is 7.43. The molecule has 3 heteroatoms. The van der Waals surface area contributed by atoms with E-state index in [4.69, 9.17) is 5.73 Å². The minimum absolute atomic E-state index is 0.222. The molecular formula is C13H26N2O. The molecule has 1 aliphatic rings. The van der Waals surface area contributed by atoms with E-state index in [1.165, 1.54) is 0 Å². The summed E-state index contributed by atoms with van der Waals surface area (Å²) in [7, 11) is 1.92. The van der Waals surface area contributed by atoms with E-state index >= 15 is 0 Å². The standard InChI is InChI=1S/C13H26N2O/c1-10(2)8-11(3)15(4)12(16)13(9-14)6-5-7-13/h10-11H,5-9,14H2,1-4H3. The zero-order chi connectivity index (χ0) is 12.3. The van der Waals surface area contributed by atoms with Crippen molar-refractivity contribution in [3.8, 4) is 0 Å². The van der Waals surface area contributed by atoms with Gasteiger partial charge in [-0.15, -0.1) is 0 Å². The predicted octanol–water partition coefficient (Wildman–Crippen LogP) is 2.01. The van der Waals surface area contributed by atoms with Crippen LogP contribution in [-0.4, -0.2) is 30.4 Å². The van der Waals surface area contributed by atoms with Gasteiger partial charge in [0.1, 0.15) is 0 Å². The molecule has 0 radical (unpaired) electrons. The van der Waals surface area contributed by atoms with Gasteiger partial charge in [0.15, 0.2) is 0 Å². The Balaban J connectivity index is 2.59. The van der Waals surface area contributed by atoms with Crippen molar-refractivity contribution in [2.45, 2.75) is 52.5 Å². The van der Waals surface area contributed by atoms with Gasteiger partial charge in [0.05, 0.1) is 5.41 Å². The molecular weight excluding hydrogens is 200 g/mol.